The summed E-state index contributed by atoms with van der Waals surface area (Å²) in [5, 5.41) is 0. The number of anilines is 1. The summed E-state index contributed by atoms with van der Waals surface area (Å²) in [6, 6.07) is 8.79. The molecule has 9 nitrogen and oxygen atoms in total. The number of benzene rings is 1. The largest absolute Gasteiger partial charge is 0.467 e. The van der Waals surface area contributed by atoms with Crippen molar-refractivity contribution < 1.29 is 17.9 Å². The molecule has 2 N–H and O–H groups in total. The average Bonchev–Trinajstić information content (AvgIpc) is 2.72. The highest BCUT2D eigenvalue weighted by molar-refractivity contribution is 7.91. The van der Waals surface area contributed by atoms with Crippen molar-refractivity contribution in [2.45, 2.75) is 16.3 Å². The van der Waals surface area contributed by atoms with Crippen molar-refractivity contribution in [1.82, 2.24) is 15.0 Å². The lowest BCUT2D eigenvalue weighted by Gasteiger charge is -2.20. The smallest absolute Gasteiger partial charge is 0.319 e. The fraction of sp³-hybridized carbons (Fsp3) is 0.111. The number of amides is 2. The molecule has 0 saturated carbocycles. The molecule has 1 aromatic carbocycles. The third-order valence-corrected chi connectivity index (χ3v) is 5.61. The van der Waals surface area contributed by atoms with Crippen molar-refractivity contribution in [1.29, 1.82) is 0 Å². The molecule has 144 valence electrons. The fourth-order valence-corrected chi connectivity index (χ4v) is 3.61. The first kappa shape index (κ1) is 19.2. The fourth-order valence-electron chi connectivity index (χ4n) is 2.46. The van der Waals surface area contributed by atoms with Crippen LogP contribution >= 0.6 is 0 Å². The number of carbonyl (C=O) groups is 1. The second kappa shape index (κ2) is 8.01. The number of urea groups is 1. The average molecular weight is 399 g/mol. The van der Waals surface area contributed by atoms with Gasteiger partial charge in [0.15, 0.2) is 0 Å². The Labute approximate surface area is 161 Å². The third-order valence-electron chi connectivity index (χ3n) is 3.89. The van der Waals surface area contributed by atoms with Crippen LogP contribution in [0.4, 0.5) is 10.5 Å². The first-order valence-electron chi connectivity index (χ1n) is 8.09. The maximum Gasteiger partial charge on any atom is 0.319 e. The molecule has 0 atom stereocenters. The van der Waals surface area contributed by atoms with Gasteiger partial charge < -0.3 is 10.5 Å². The van der Waals surface area contributed by atoms with Crippen LogP contribution in [-0.4, -0.2) is 36.5 Å². The summed E-state index contributed by atoms with van der Waals surface area (Å²) in [6.45, 7) is 0.210. The molecule has 0 unspecified atom stereocenters. The summed E-state index contributed by atoms with van der Waals surface area (Å²) in [6.07, 6.45) is 5.60. The van der Waals surface area contributed by atoms with Crippen LogP contribution in [0.3, 0.4) is 0 Å². The minimum Gasteiger partial charge on any atom is -0.467 e. The SMILES string of the molecule is COc1ncc(S(=O)(=O)c2ccc(N(Cc3cccnc3)C(N)=O)cc2)cn1. The number of hydrogen-bond donors (Lipinski definition) is 1. The lowest BCUT2D eigenvalue weighted by atomic mass is 10.2. The number of hydrogen-bond acceptors (Lipinski definition) is 7. The lowest BCUT2D eigenvalue weighted by molar-refractivity contribution is 0.253. The van der Waals surface area contributed by atoms with Crippen molar-refractivity contribution in [3.05, 3.63) is 66.7 Å². The second-order valence-corrected chi connectivity index (χ2v) is 7.64. The standard InChI is InChI=1S/C18H17N5O4S/c1-27-18-21-10-16(11-22-18)28(25,26)15-6-4-14(5-7-15)23(17(19)24)12-13-3-2-8-20-9-13/h2-11H,12H2,1H3,(H2,19,24). The van der Waals surface area contributed by atoms with Gasteiger partial charge in [0.05, 0.1) is 30.9 Å². The van der Waals surface area contributed by atoms with Crippen molar-refractivity contribution in [2.75, 3.05) is 12.0 Å². The van der Waals surface area contributed by atoms with Crippen LogP contribution in [0.25, 0.3) is 0 Å². The molecular formula is C18H17N5O4S. The molecule has 0 radical (unpaired) electrons. The highest BCUT2D eigenvalue weighted by atomic mass is 32.2. The molecule has 2 heterocycles. The van der Waals surface area contributed by atoms with E-state index in [4.69, 9.17) is 10.5 Å². The topological polar surface area (TPSA) is 128 Å². The zero-order valence-electron chi connectivity index (χ0n) is 14.9. The molecule has 2 aromatic heterocycles. The Morgan fingerprint density at radius 2 is 1.75 bits per heavy atom. The normalized spacial score (nSPS) is 11.0. The maximum absolute atomic E-state index is 12.7. The third kappa shape index (κ3) is 4.07. The van der Waals surface area contributed by atoms with Crippen LogP contribution in [0.1, 0.15) is 5.56 Å². The molecule has 28 heavy (non-hydrogen) atoms. The molecular weight excluding hydrogens is 382 g/mol. The van der Waals surface area contributed by atoms with Crippen LogP contribution in [0.15, 0.2) is 71.0 Å². The van der Waals surface area contributed by atoms with Gasteiger partial charge in [0, 0.05) is 18.1 Å². The zero-order chi connectivity index (χ0) is 20.1. The molecule has 2 amide bonds. The van der Waals surface area contributed by atoms with Gasteiger partial charge in [-0.05, 0) is 35.9 Å². The molecule has 0 aliphatic carbocycles. The number of rotatable bonds is 6. The van der Waals surface area contributed by atoms with Gasteiger partial charge in [0.25, 0.3) is 0 Å². The highest BCUT2D eigenvalue weighted by Crippen LogP contribution is 2.24. The van der Waals surface area contributed by atoms with Gasteiger partial charge in [0.1, 0.15) is 4.90 Å². The van der Waals surface area contributed by atoms with E-state index in [2.05, 4.69) is 15.0 Å². The van der Waals surface area contributed by atoms with E-state index in [0.717, 1.165) is 5.56 Å². The summed E-state index contributed by atoms with van der Waals surface area (Å²) in [5.41, 5.74) is 6.72. The number of primary amides is 1. The van der Waals surface area contributed by atoms with E-state index in [1.165, 1.54) is 48.7 Å². The first-order chi connectivity index (χ1) is 13.4. The number of sulfone groups is 1. The summed E-state index contributed by atoms with van der Waals surface area (Å²) in [5.74, 6) is 0. The van der Waals surface area contributed by atoms with E-state index in [-0.39, 0.29) is 22.3 Å². The van der Waals surface area contributed by atoms with Crippen LogP contribution in [0, 0.1) is 0 Å². The van der Waals surface area contributed by atoms with Crippen molar-refractivity contribution in [3.8, 4) is 6.01 Å². The second-order valence-electron chi connectivity index (χ2n) is 5.69. The zero-order valence-corrected chi connectivity index (χ0v) is 15.7. The predicted molar refractivity (Wildman–Crippen MR) is 100 cm³/mol. The molecule has 0 aliphatic rings. The lowest BCUT2D eigenvalue weighted by Crippen LogP contribution is -2.35. The Morgan fingerprint density at radius 1 is 1.07 bits per heavy atom. The van der Waals surface area contributed by atoms with Gasteiger partial charge >= 0.3 is 12.0 Å². The Morgan fingerprint density at radius 3 is 2.29 bits per heavy atom. The molecule has 3 aromatic rings. The van der Waals surface area contributed by atoms with Gasteiger partial charge in [-0.1, -0.05) is 6.07 Å². The molecule has 0 fully saturated rings. The molecule has 3 rings (SSSR count). The minimum atomic E-state index is -3.81. The molecule has 10 heteroatoms. The highest BCUT2D eigenvalue weighted by Gasteiger charge is 2.20. The van der Waals surface area contributed by atoms with Crippen molar-refractivity contribution >= 4 is 21.6 Å². The van der Waals surface area contributed by atoms with Crippen LogP contribution < -0.4 is 15.4 Å². The van der Waals surface area contributed by atoms with Crippen LogP contribution in [0.5, 0.6) is 6.01 Å². The van der Waals surface area contributed by atoms with Gasteiger partial charge in [-0.15, -0.1) is 0 Å². The van der Waals surface area contributed by atoms with Crippen LogP contribution in [-0.2, 0) is 16.4 Å². The van der Waals surface area contributed by atoms with Crippen LogP contribution in [0.2, 0.25) is 0 Å². The predicted octanol–water partition coefficient (Wildman–Crippen LogP) is 1.80. The van der Waals surface area contributed by atoms with E-state index in [1.54, 1.807) is 18.5 Å². The van der Waals surface area contributed by atoms with Gasteiger partial charge in [-0.25, -0.2) is 23.2 Å². The number of carbonyl (C=O) groups excluding carboxylic acids is 1. The Balaban J connectivity index is 1.87. The minimum absolute atomic E-state index is 0.0378. The number of aromatic nitrogens is 3. The number of nitrogens with zero attached hydrogens (tertiary/aromatic N) is 4. The van der Waals surface area contributed by atoms with E-state index in [1.807, 2.05) is 6.07 Å². The Bertz CT molecular complexity index is 1060. The first-order valence-corrected chi connectivity index (χ1v) is 9.57. The van der Waals surface area contributed by atoms with E-state index >= 15 is 0 Å². The molecule has 0 saturated heterocycles. The van der Waals surface area contributed by atoms with Crippen molar-refractivity contribution in [3.63, 3.8) is 0 Å². The summed E-state index contributed by atoms with van der Waals surface area (Å²) < 4.78 is 30.2. The number of nitrogens with two attached hydrogens (primary N) is 1. The van der Waals surface area contributed by atoms with Gasteiger partial charge in [-0.3, -0.25) is 9.88 Å². The summed E-state index contributed by atoms with van der Waals surface area (Å²) >= 11 is 0. The van der Waals surface area contributed by atoms with Gasteiger partial charge in [-0.2, -0.15) is 0 Å². The Kier molecular flexibility index (Phi) is 5.50. The Hall–Kier alpha value is -3.53. The monoisotopic (exact) mass is 399 g/mol. The number of methoxy groups -OCH3 is 1. The quantitative estimate of drug-likeness (QED) is 0.669. The van der Waals surface area contributed by atoms with E-state index in [0.29, 0.717) is 5.69 Å². The van der Waals surface area contributed by atoms with E-state index in [9.17, 15) is 13.2 Å². The van der Waals surface area contributed by atoms with Gasteiger partial charge in [0.2, 0.25) is 9.84 Å². The number of pyridine rings is 1. The summed E-state index contributed by atoms with van der Waals surface area (Å²) in [7, 11) is -2.42. The molecule has 0 aliphatic heterocycles. The van der Waals surface area contributed by atoms with Crippen molar-refractivity contribution in [2.24, 2.45) is 5.73 Å². The molecule has 0 bridgehead atoms. The molecule has 0 spiro atoms. The number of ether oxygens (including phenoxy) is 1. The summed E-state index contributed by atoms with van der Waals surface area (Å²) in [4.78, 5) is 24.8. The maximum atomic E-state index is 12.7. The van der Waals surface area contributed by atoms with E-state index < -0.39 is 15.9 Å².